The number of fused-ring (bicyclic) bond motifs is 1. The van der Waals surface area contributed by atoms with Crippen molar-refractivity contribution in [2.75, 3.05) is 13.2 Å². The maximum Gasteiger partial charge on any atom is 0.127 e. The van der Waals surface area contributed by atoms with Gasteiger partial charge in [-0.3, -0.25) is 0 Å². The molecule has 1 aromatic carbocycles. The van der Waals surface area contributed by atoms with E-state index in [4.69, 9.17) is 16.3 Å². The molecule has 0 radical (unpaired) electrons. The van der Waals surface area contributed by atoms with E-state index in [0.29, 0.717) is 0 Å². The van der Waals surface area contributed by atoms with Crippen LogP contribution in [0.5, 0.6) is 0 Å². The zero-order chi connectivity index (χ0) is 14.5. The Morgan fingerprint density at radius 1 is 1.35 bits per heavy atom. The quantitative estimate of drug-likeness (QED) is 0.557. The monoisotopic (exact) mass is 294 g/mol. The van der Waals surface area contributed by atoms with Crippen LogP contribution in [-0.4, -0.2) is 22.8 Å². The summed E-state index contributed by atoms with van der Waals surface area (Å²) in [6.07, 6.45) is 2.05. The van der Waals surface area contributed by atoms with Crippen LogP contribution >= 0.6 is 11.6 Å². The van der Waals surface area contributed by atoms with Crippen LogP contribution in [0.4, 0.5) is 0 Å². The lowest BCUT2D eigenvalue weighted by molar-refractivity contribution is 0.129. The second-order valence-electron chi connectivity index (χ2n) is 5.20. The number of aromatic nitrogens is 2. The molecule has 0 bridgehead atoms. The second kappa shape index (κ2) is 7.09. The van der Waals surface area contributed by atoms with Crippen molar-refractivity contribution in [3.8, 4) is 0 Å². The van der Waals surface area contributed by atoms with Gasteiger partial charge < -0.3 is 9.30 Å². The first-order valence-corrected chi connectivity index (χ1v) is 7.75. The molecule has 20 heavy (non-hydrogen) atoms. The molecule has 0 N–H and O–H groups in total. The predicted molar refractivity (Wildman–Crippen MR) is 84.5 cm³/mol. The zero-order valence-electron chi connectivity index (χ0n) is 12.5. The van der Waals surface area contributed by atoms with E-state index < -0.39 is 0 Å². The molecule has 1 atom stereocenters. The Bertz CT molecular complexity index is 563. The number of aryl methyl sites for hydroxylation is 2. The van der Waals surface area contributed by atoms with E-state index in [-0.39, 0.29) is 5.38 Å². The highest BCUT2D eigenvalue weighted by Gasteiger charge is 2.14. The summed E-state index contributed by atoms with van der Waals surface area (Å²) in [5.41, 5.74) is 3.41. The average Bonchev–Trinajstić information content (AvgIpc) is 2.76. The number of ether oxygens (including phenoxy) is 1. The van der Waals surface area contributed by atoms with Gasteiger partial charge >= 0.3 is 0 Å². The van der Waals surface area contributed by atoms with Gasteiger partial charge in [0.1, 0.15) is 5.82 Å². The lowest BCUT2D eigenvalue weighted by Gasteiger charge is -2.10. The van der Waals surface area contributed by atoms with Gasteiger partial charge in [-0.1, -0.05) is 13.0 Å². The van der Waals surface area contributed by atoms with Gasteiger partial charge in [0.2, 0.25) is 0 Å². The summed E-state index contributed by atoms with van der Waals surface area (Å²) in [4.78, 5) is 4.68. The summed E-state index contributed by atoms with van der Waals surface area (Å²) in [6, 6.07) is 6.37. The Balaban J connectivity index is 2.18. The number of hydrogen-bond acceptors (Lipinski definition) is 2. The number of rotatable bonds is 7. The van der Waals surface area contributed by atoms with Gasteiger partial charge in [-0.2, -0.15) is 0 Å². The molecule has 0 spiro atoms. The maximum absolute atomic E-state index is 6.27. The summed E-state index contributed by atoms with van der Waals surface area (Å²) in [7, 11) is 0. The van der Waals surface area contributed by atoms with Crippen LogP contribution in [0.25, 0.3) is 11.0 Å². The first-order chi connectivity index (χ1) is 9.63. The summed E-state index contributed by atoms with van der Waals surface area (Å²) < 4.78 is 7.77. The van der Waals surface area contributed by atoms with Gasteiger partial charge in [-0.15, -0.1) is 11.6 Å². The molecule has 0 saturated carbocycles. The van der Waals surface area contributed by atoms with E-state index in [1.807, 2.05) is 6.92 Å². The lowest BCUT2D eigenvalue weighted by Crippen LogP contribution is -2.07. The fourth-order valence-corrected chi connectivity index (χ4v) is 2.53. The molecule has 2 rings (SSSR count). The van der Waals surface area contributed by atoms with Crippen LogP contribution < -0.4 is 0 Å². The molecule has 110 valence electrons. The molecular formula is C16H23ClN2O. The van der Waals surface area contributed by atoms with Crippen LogP contribution in [0.1, 0.15) is 43.5 Å². The fourth-order valence-electron chi connectivity index (χ4n) is 2.37. The average molecular weight is 295 g/mol. The molecule has 0 amide bonds. The van der Waals surface area contributed by atoms with Crippen molar-refractivity contribution in [2.24, 2.45) is 0 Å². The first kappa shape index (κ1) is 15.3. The zero-order valence-corrected chi connectivity index (χ0v) is 13.3. The van der Waals surface area contributed by atoms with Gasteiger partial charge in [0, 0.05) is 19.8 Å². The minimum absolute atomic E-state index is 0.0840. The molecule has 4 heteroatoms. The van der Waals surface area contributed by atoms with Gasteiger partial charge in [0.25, 0.3) is 0 Å². The van der Waals surface area contributed by atoms with E-state index in [1.165, 1.54) is 5.56 Å². The van der Waals surface area contributed by atoms with Gasteiger partial charge in [0.05, 0.1) is 16.4 Å². The SMILES string of the molecule is CCCOCCCn1c(C(C)Cl)nc2cc(C)ccc21. The van der Waals surface area contributed by atoms with Gasteiger partial charge in [0.15, 0.2) is 0 Å². The smallest absolute Gasteiger partial charge is 0.127 e. The van der Waals surface area contributed by atoms with E-state index in [0.717, 1.165) is 49.5 Å². The molecule has 0 aliphatic heterocycles. The van der Waals surface area contributed by atoms with Crippen LogP contribution in [0.2, 0.25) is 0 Å². The highest BCUT2D eigenvalue weighted by molar-refractivity contribution is 6.20. The molecule has 1 unspecified atom stereocenters. The van der Waals surface area contributed by atoms with Crippen LogP contribution in [0.3, 0.4) is 0 Å². The first-order valence-electron chi connectivity index (χ1n) is 7.32. The Labute approximate surface area is 125 Å². The largest absolute Gasteiger partial charge is 0.381 e. The Morgan fingerprint density at radius 2 is 2.15 bits per heavy atom. The Morgan fingerprint density at radius 3 is 2.85 bits per heavy atom. The third-order valence-corrected chi connectivity index (χ3v) is 3.50. The van der Waals surface area contributed by atoms with Crippen molar-refractivity contribution in [3.05, 3.63) is 29.6 Å². The van der Waals surface area contributed by atoms with Crippen molar-refractivity contribution >= 4 is 22.6 Å². The number of benzene rings is 1. The minimum Gasteiger partial charge on any atom is -0.381 e. The molecule has 0 aliphatic rings. The Kier molecular flexibility index (Phi) is 5.44. The number of hydrogen-bond donors (Lipinski definition) is 0. The van der Waals surface area contributed by atoms with E-state index in [2.05, 4.69) is 41.6 Å². The normalized spacial score (nSPS) is 13.0. The number of alkyl halides is 1. The summed E-state index contributed by atoms with van der Waals surface area (Å²) in [5, 5.41) is -0.0840. The molecule has 1 heterocycles. The van der Waals surface area contributed by atoms with E-state index in [1.54, 1.807) is 0 Å². The van der Waals surface area contributed by atoms with Crippen molar-refractivity contribution < 1.29 is 4.74 Å². The lowest BCUT2D eigenvalue weighted by atomic mass is 10.2. The molecule has 0 aliphatic carbocycles. The van der Waals surface area contributed by atoms with Crippen molar-refractivity contribution in [1.29, 1.82) is 0 Å². The molecule has 3 nitrogen and oxygen atoms in total. The highest BCUT2D eigenvalue weighted by Crippen LogP contribution is 2.25. The summed E-state index contributed by atoms with van der Waals surface area (Å²) in [5.74, 6) is 0.947. The van der Waals surface area contributed by atoms with E-state index >= 15 is 0 Å². The standard InChI is InChI=1S/C16H23ClN2O/c1-4-9-20-10-5-8-19-15-7-6-12(2)11-14(15)18-16(19)13(3)17/h6-7,11,13H,4-5,8-10H2,1-3H3. The van der Waals surface area contributed by atoms with E-state index in [9.17, 15) is 0 Å². The second-order valence-corrected chi connectivity index (χ2v) is 5.85. The molecule has 0 saturated heterocycles. The van der Waals surface area contributed by atoms with Crippen LogP contribution in [-0.2, 0) is 11.3 Å². The Hall–Kier alpha value is -1.06. The third-order valence-electron chi connectivity index (χ3n) is 3.31. The van der Waals surface area contributed by atoms with Crippen LogP contribution in [0, 0.1) is 6.92 Å². The number of halogens is 1. The van der Waals surface area contributed by atoms with Crippen molar-refractivity contribution in [1.82, 2.24) is 9.55 Å². The van der Waals surface area contributed by atoms with Gasteiger partial charge in [-0.05, 0) is 44.4 Å². The van der Waals surface area contributed by atoms with Crippen molar-refractivity contribution in [2.45, 2.75) is 45.5 Å². The fraction of sp³-hybridized carbons (Fsp3) is 0.562. The highest BCUT2D eigenvalue weighted by atomic mass is 35.5. The minimum atomic E-state index is -0.0840. The van der Waals surface area contributed by atoms with Crippen LogP contribution in [0.15, 0.2) is 18.2 Å². The summed E-state index contributed by atoms with van der Waals surface area (Å²) >= 11 is 6.27. The molecule has 1 aromatic heterocycles. The number of nitrogens with zero attached hydrogens (tertiary/aromatic N) is 2. The summed E-state index contributed by atoms with van der Waals surface area (Å²) in [6.45, 7) is 8.70. The third kappa shape index (κ3) is 3.53. The molecular weight excluding hydrogens is 272 g/mol. The number of imidazole rings is 1. The topological polar surface area (TPSA) is 27.1 Å². The predicted octanol–water partition coefficient (Wildman–Crippen LogP) is 4.46. The molecule has 0 fully saturated rings. The maximum atomic E-state index is 6.27. The van der Waals surface area contributed by atoms with Gasteiger partial charge in [-0.25, -0.2) is 4.98 Å². The molecule has 2 aromatic rings. The van der Waals surface area contributed by atoms with Crippen molar-refractivity contribution in [3.63, 3.8) is 0 Å².